The fourth-order valence-electron chi connectivity index (χ4n) is 1.11. The highest BCUT2D eigenvalue weighted by molar-refractivity contribution is 6.00. The topological polar surface area (TPSA) is 13.6 Å². The quantitative estimate of drug-likeness (QED) is 0.575. The zero-order valence-electron chi connectivity index (χ0n) is 5.82. The second-order valence-electron chi connectivity index (χ2n) is 2.28. The highest BCUT2D eigenvalue weighted by Crippen LogP contribution is 2.19. The standard InChI is InChI=1S/C8H6NOSi/c11-10-8-4-6-9-5-2-1-3-7(8)9/h1-6H. The van der Waals surface area contributed by atoms with Gasteiger partial charge in [-0.1, -0.05) is 6.07 Å². The smallest absolute Gasteiger partial charge is 0.341 e. The van der Waals surface area contributed by atoms with E-state index in [1.165, 1.54) is 0 Å². The number of fused-ring (bicyclic) bond motifs is 1. The van der Waals surface area contributed by atoms with Crippen LogP contribution in [0.15, 0.2) is 36.7 Å². The van der Waals surface area contributed by atoms with E-state index in [1.54, 1.807) is 0 Å². The monoisotopic (exact) mass is 160 g/mol. The number of aromatic nitrogens is 1. The first-order valence-electron chi connectivity index (χ1n) is 3.31. The molecule has 0 fully saturated rings. The summed E-state index contributed by atoms with van der Waals surface area (Å²) >= 11 is 0. The molecule has 2 aromatic rings. The molecule has 0 amide bonds. The van der Waals surface area contributed by atoms with Gasteiger partial charge in [0.2, 0.25) is 0 Å². The summed E-state index contributed by atoms with van der Waals surface area (Å²) in [5.74, 6) is 0.835. The zero-order chi connectivity index (χ0) is 7.68. The average molecular weight is 160 g/mol. The van der Waals surface area contributed by atoms with Gasteiger partial charge in [0.25, 0.3) is 0 Å². The average Bonchev–Trinajstić information content (AvgIpc) is 2.47. The predicted octanol–water partition coefficient (Wildman–Crippen LogP) is 1.40. The first-order chi connectivity index (χ1) is 5.42. The van der Waals surface area contributed by atoms with Crippen LogP contribution in [0.5, 0.6) is 5.75 Å². The van der Waals surface area contributed by atoms with Crippen molar-refractivity contribution in [1.29, 1.82) is 0 Å². The van der Waals surface area contributed by atoms with E-state index >= 15 is 0 Å². The summed E-state index contributed by atoms with van der Waals surface area (Å²) in [4.78, 5) is 0. The molecule has 3 radical (unpaired) electrons. The van der Waals surface area contributed by atoms with Crippen LogP contribution in [0.25, 0.3) is 5.52 Å². The molecule has 0 N–H and O–H groups in total. The summed E-state index contributed by atoms with van der Waals surface area (Å²) in [6.07, 6.45) is 3.93. The number of hydrogen-bond donors (Lipinski definition) is 0. The molecule has 0 saturated heterocycles. The van der Waals surface area contributed by atoms with Crippen LogP contribution in [-0.4, -0.2) is 14.9 Å². The van der Waals surface area contributed by atoms with Crippen LogP contribution in [0.3, 0.4) is 0 Å². The number of rotatable bonds is 1. The molecule has 0 atom stereocenters. The molecule has 3 heteroatoms. The van der Waals surface area contributed by atoms with Crippen LogP contribution in [0.4, 0.5) is 0 Å². The third-order valence-corrected chi connectivity index (χ3v) is 1.86. The molecule has 2 heterocycles. The second-order valence-corrected chi connectivity index (χ2v) is 2.48. The molecule has 0 unspecified atom stereocenters. The number of pyridine rings is 1. The van der Waals surface area contributed by atoms with Crippen LogP contribution in [0, 0.1) is 0 Å². The van der Waals surface area contributed by atoms with E-state index < -0.39 is 0 Å². The fourth-order valence-corrected chi connectivity index (χ4v) is 1.29. The molecular weight excluding hydrogens is 154 g/mol. The van der Waals surface area contributed by atoms with Crippen molar-refractivity contribution in [2.24, 2.45) is 0 Å². The highest BCUT2D eigenvalue weighted by atomic mass is 28.2. The molecule has 0 bridgehead atoms. The van der Waals surface area contributed by atoms with Gasteiger partial charge in [0.15, 0.2) is 0 Å². The van der Waals surface area contributed by atoms with Crippen molar-refractivity contribution in [1.82, 2.24) is 4.40 Å². The molecule has 0 aliphatic rings. The molecule has 11 heavy (non-hydrogen) atoms. The predicted molar refractivity (Wildman–Crippen MR) is 43.8 cm³/mol. The van der Waals surface area contributed by atoms with Gasteiger partial charge >= 0.3 is 10.5 Å². The molecule has 0 spiro atoms. The Balaban J connectivity index is 2.76. The van der Waals surface area contributed by atoms with Crippen molar-refractivity contribution >= 4 is 16.0 Å². The zero-order valence-corrected chi connectivity index (χ0v) is 6.82. The lowest BCUT2D eigenvalue weighted by molar-refractivity contribution is 0.624. The lowest BCUT2D eigenvalue weighted by Crippen LogP contribution is -1.84. The fraction of sp³-hybridized carbons (Fsp3) is 0. The maximum Gasteiger partial charge on any atom is 0.341 e. The Kier molecular flexibility index (Phi) is 1.43. The normalized spacial score (nSPS) is 10.3. The Morgan fingerprint density at radius 2 is 2.09 bits per heavy atom. The molecule has 53 valence electrons. The first kappa shape index (κ1) is 6.48. The van der Waals surface area contributed by atoms with E-state index in [0.29, 0.717) is 0 Å². The maximum absolute atomic E-state index is 4.95. The third-order valence-electron chi connectivity index (χ3n) is 1.64. The van der Waals surface area contributed by atoms with Crippen molar-refractivity contribution in [2.75, 3.05) is 0 Å². The molecule has 0 saturated carbocycles. The maximum atomic E-state index is 4.95. The summed E-state index contributed by atoms with van der Waals surface area (Å²) in [6, 6.07) is 7.85. The Morgan fingerprint density at radius 3 is 2.91 bits per heavy atom. The summed E-state index contributed by atoms with van der Waals surface area (Å²) in [5, 5.41) is 0. The molecule has 0 aliphatic heterocycles. The summed E-state index contributed by atoms with van der Waals surface area (Å²) in [6.45, 7) is 0. The number of hydrogen-bond acceptors (Lipinski definition) is 1. The van der Waals surface area contributed by atoms with E-state index in [2.05, 4.69) is 10.5 Å². The van der Waals surface area contributed by atoms with E-state index in [-0.39, 0.29) is 0 Å². The van der Waals surface area contributed by atoms with E-state index in [1.807, 2.05) is 41.1 Å². The van der Waals surface area contributed by atoms with Crippen molar-refractivity contribution < 1.29 is 4.43 Å². The lowest BCUT2D eigenvalue weighted by atomic mass is 10.4. The summed E-state index contributed by atoms with van der Waals surface area (Å²) in [7, 11) is 2.99. The molecule has 2 rings (SSSR count). The largest absolute Gasteiger partial charge is 0.539 e. The van der Waals surface area contributed by atoms with Gasteiger partial charge in [-0.05, 0) is 18.2 Å². The Labute approximate surface area is 68.0 Å². The summed E-state index contributed by atoms with van der Waals surface area (Å²) < 4.78 is 6.95. The van der Waals surface area contributed by atoms with Gasteiger partial charge in [0, 0.05) is 12.4 Å². The third kappa shape index (κ3) is 0.934. The van der Waals surface area contributed by atoms with Gasteiger partial charge in [0.05, 0.1) is 5.52 Å². The van der Waals surface area contributed by atoms with Gasteiger partial charge in [-0.25, -0.2) is 0 Å². The molecule has 2 aromatic heterocycles. The number of nitrogens with zero attached hydrogens (tertiary/aromatic N) is 1. The summed E-state index contributed by atoms with van der Waals surface area (Å²) in [5.41, 5.74) is 1.06. The van der Waals surface area contributed by atoms with Gasteiger partial charge in [-0.3, -0.25) is 0 Å². The van der Waals surface area contributed by atoms with Gasteiger partial charge in [-0.15, -0.1) is 0 Å². The van der Waals surface area contributed by atoms with Gasteiger partial charge < -0.3 is 8.83 Å². The van der Waals surface area contributed by atoms with E-state index in [4.69, 9.17) is 4.43 Å². The van der Waals surface area contributed by atoms with Crippen LogP contribution < -0.4 is 4.43 Å². The first-order valence-corrected chi connectivity index (χ1v) is 3.72. The van der Waals surface area contributed by atoms with Crippen molar-refractivity contribution in [3.63, 3.8) is 0 Å². The minimum Gasteiger partial charge on any atom is -0.539 e. The SMILES string of the molecule is [Si]Oc1ccn2ccccc12. The van der Waals surface area contributed by atoms with Crippen molar-refractivity contribution in [3.05, 3.63) is 36.7 Å². The van der Waals surface area contributed by atoms with Crippen LogP contribution >= 0.6 is 0 Å². The highest BCUT2D eigenvalue weighted by Gasteiger charge is 1.97. The Hall–Kier alpha value is -1.22. The van der Waals surface area contributed by atoms with Crippen molar-refractivity contribution in [3.8, 4) is 5.75 Å². The van der Waals surface area contributed by atoms with Crippen LogP contribution in [0.2, 0.25) is 0 Å². The second kappa shape index (κ2) is 2.43. The minimum atomic E-state index is 0.835. The van der Waals surface area contributed by atoms with Crippen LogP contribution in [-0.2, 0) is 0 Å². The Bertz CT molecular complexity index is 369. The lowest BCUT2D eigenvalue weighted by Gasteiger charge is -1.96. The van der Waals surface area contributed by atoms with E-state index in [0.717, 1.165) is 11.3 Å². The van der Waals surface area contributed by atoms with Gasteiger partial charge in [0.1, 0.15) is 5.75 Å². The minimum absolute atomic E-state index is 0.835. The molecule has 0 aliphatic carbocycles. The molecule has 0 aromatic carbocycles. The van der Waals surface area contributed by atoms with E-state index in [9.17, 15) is 0 Å². The Morgan fingerprint density at radius 1 is 1.18 bits per heavy atom. The van der Waals surface area contributed by atoms with Crippen molar-refractivity contribution in [2.45, 2.75) is 0 Å². The van der Waals surface area contributed by atoms with Crippen LogP contribution in [0.1, 0.15) is 0 Å². The molecular formula is C8H6NOSi. The molecule has 2 nitrogen and oxygen atoms in total. The van der Waals surface area contributed by atoms with Gasteiger partial charge in [-0.2, -0.15) is 0 Å².